The molecule has 0 fully saturated rings. The lowest BCUT2D eigenvalue weighted by atomic mass is 10.1. The fourth-order valence-corrected chi connectivity index (χ4v) is 0.310. The Balaban J connectivity index is 0. The van der Waals surface area contributed by atoms with E-state index in [1.165, 1.54) is 0 Å². The molecule has 0 aliphatic carbocycles. The number of alkyl halides is 2. The summed E-state index contributed by atoms with van der Waals surface area (Å²) in [4.78, 5) is 0. The maximum atomic E-state index is 12.0. The molecule has 0 aliphatic rings. The molecule has 2 heteroatoms. The molecular weight excluding hydrogens is 134 g/mol. The quantitative estimate of drug-likeness (QED) is 0.526. The van der Waals surface area contributed by atoms with Crippen LogP contribution in [0.4, 0.5) is 8.78 Å². The minimum atomic E-state index is -2.69. The van der Waals surface area contributed by atoms with E-state index in [1.807, 2.05) is 0 Å². The first-order valence-corrected chi connectivity index (χ1v) is 3.04. The topological polar surface area (TPSA) is 0 Å². The summed E-state index contributed by atoms with van der Waals surface area (Å²) in [6, 6.07) is 0. The molecule has 0 unspecified atom stereocenters. The van der Waals surface area contributed by atoms with Crippen molar-refractivity contribution in [2.75, 3.05) is 0 Å². The Morgan fingerprint density at radius 1 is 1.40 bits per heavy atom. The average molecular weight is 148 g/mol. The van der Waals surface area contributed by atoms with Crippen molar-refractivity contribution >= 4 is 0 Å². The fourth-order valence-electron chi connectivity index (χ4n) is 0.310. The van der Waals surface area contributed by atoms with Crippen molar-refractivity contribution in [2.45, 2.75) is 26.2 Å². The maximum absolute atomic E-state index is 12.0. The summed E-state index contributed by atoms with van der Waals surface area (Å²) in [5.41, 5.74) is -0.00231. The van der Waals surface area contributed by atoms with Gasteiger partial charge in [-0.25, -0.2) is 8.78 Å². The van der Waals surface area contributed by atoms with E-state index in [1.54, 1.807) is 6.92 Å². The third-order valence-corrected chi connectivity index (χ3v) is 1.05. The summed E-state index contributed by atoms with van der Waals surface area (Å²) in [7, 11) is 0. The van der Waals surface area contributed by atoms with Gasteiger partial charge in [0.05, 0.1) is 0 Å². The van der Waals surface area contributed by atoms with E-state index in [4.69, 9.17) is 0 Å². The number of allylic oxidation sites excluding steroid dienone is 1. The lowest BCUT2D eigenvalue weighted by molar-refractivity contribution is 0.0609. The van der Waals surface area contributed by atoms with Crippen LogP contribution in [0.25, 0.3) is 0 Å². The van der Waals surface area contributed by atoms with Crippen molar-refractivity contribution in [3.63, 3.8) is 0 Å². The van der Waals surface area contributed by atoms with Gasteiger partial charge in [0.2, 0.25) is 0 Å². The molecule has 60 valence electrons. The fraction of sp³-hybridized carbons (Fsp3) is 0.500. The molecule has 0 aromatic carbocycles. The summed E-state index contributed by atoms with van der Waals surface area (Å²) in [5, 5.41) is 0. The summed E-state index contributed by atoms with van der Waals surface area (Å²) < 4.78 is 24.0. The van der Waals surface area contributed by atoms with Gasteiger partial charge < -0.3 is 0 Å². The molecule has 0 atom stereocenters. The van der Waals surface area contributed by atoms with Crippen molar-refractivity contribution in [2.24, 2.45) is 0 Å². The lowest BCUT2D eigenvalue weighted by Gasteiger charge is -2.10. The summed E-state index contributed by atoms with van der Waals surface area (Å²) in [5.74, 6) is -2.69. The molecule has 0 amide bonds. The average Bonchev–Trinajstić information content (AvgIpc) is 1.89. The summed E-state index contributed by atoms with van der Waals surface area (Å²) >= 11 is 0. The van der Waals surface area contributed by atoms with Crippen LogP contribution in [-0.4, -0.2) is 5.92 Å². The van der Waals surface area contributed by atoms with E-state index in [-0.39, 0.29) is 5.57 Å². The maximum Gasteiger partial charge on any atom is 0.266 e. The molecule has 10 heavy (non-hydrogen) atoms. The second-order valence-corrected chi connectivity index (χ2v) is 1.85. The van der Waals surface area contributed by atoms with Gasteiger partial charge in [-0.2, -0.15) is 0 Å². The highest BCUT2D eigenvalue weighted by molar-refractivity contribution is 5.03. The normalized spacial score (nSPS) is 9.60. The predicted octanol–water partition coefficient (Wildman–Crippen LogP) is 3.41. The SMILES string of the molecule is C=C.C=C(CC)C(C)(F)F. The van der Waals surface area contributed by atoms with E-state index >= 15 is 0 Å². The molecular formula is C8H14F2. The van der Waals surface area contributed by atoms with Crippen molar-refractivity contribution in [1.82, 2.24) is 0 Å². The molecule has 0 N–H and O–H groups in total. The van der Waals surface area contributed by atoms with Crippen molar-refractivity contribution < 1.29 is 8.78 Å². The van der Waals surface area contributed by atoms with Gasteiger partial charge >= 0.3 is 0 Å². The molecule has 0 spiro atoms. The molecule has 0 aromatic heterocycles. The number of rotatable bonds is 2. The number of hydrogen-bond donors (Lipinski definition) is 0. The molecule has 0 saturated carbocycles. The van der Waals surface area contributed by atoms with Crippen molar-refractivity contribution in [1.29, 1.82) is 0 Å². The van der Waals surface area contributed by atoms with Gasteiger partial charge in [-0.3, -0.25) is 0 Å². The van der Waals surface area contributed by atoms with Crippen LogP contribution in [0.15, 0.2) is 25.3 Å². The Bertz CT molecular complexity index is 100. The van der Waals surface area contributed by atoms with Gasteiger partial charge in [-0.15, -0.1) is 13.2 Å². The van der Waals surface area contributed by atoms with Crippen LogP contribution >= 0.6 is 0 Å². The van der Waals surface area contributed by atoms with Crippen LogP contribution in [0.5, 0.6) is 0 Å². The Morgan fingerprint density at radius 2 is 1.70 bits per heavy atom. The third-order valence-electron chi connectivity index (χ3n) is 1.05. The van der Waals surface area contributed by atoms with Crippen molar-refractivity contribution in [3.8, 4) is 0 Å². The molecule has 0 saturated heterocycles. The molecule has 0 rings (SSSR count). The lowest BCUT2D eigenvalue weighted by Crippen LogP contribution is -2.11. The van der Waals surface area contributed by atoms with Crippen LogP contribution in [0.1, 0.15) is 20.3 Å². The monoisotopic (exact) mass is 148 g/mol. The van der Waals surface area contributed by atoms with Gasteiger partial charge in [0.1, 0.15) is 0 Å². The zero-order valence-electron chi connectivity index (χ0n) is 6.58. The van der Waals surface area contributed by atoms with Gasteiger partial charge in [-0.1, -0.05) is 13.5 Å². The van der Waals surface area contributed by atoms with Gasteiger partial charge in [0, 0.05) is 6.92 Å². The molecule has 0 aliphatic heterocycles. The molecule has 0 bridgehead atoms. The van der Waals surface area contributed by atoms with Gasteiger partial charge in [0.25, 0.3) is 5.92 Å². The van der Waals surface area contributed by atoms with E-state index in [2.05, 4.69) is 19.7 Å². The first-order chi connectivity index (χ1) is 4.48. The van der Waals surface area contributed by atoms with Gasteiger partial charge in [-0.05, 0) is 12.0 Å². The Kier molecular flexibility index (Phi) is 6.21. The number of halogens is 2. The first-order valence-electron chi connectivity index (χ1n) is 3.04. The predicted molar refractivity (Wildman–Crippen MR) is 41.3 cm³/mol. The van der Waals surface area contributed by atoms with Crippen LogP contribution < -0.4 is 0 Å². The molecule has 0 heterocycles. The smallest absolute Gasteiger partial charge is 0.202 e. The van der Waals surface area contributed by atoms with E-state index in [0.29, 0.717) is 6.42 Å². The minimum Gasteiger partial charge on any atom is -0.202 e. The Morgan fingerprint density at radius 3 is 1.70 bits per heavy atom. The molecule has 0 aromatic rings. The van der Waals surface area contributed by atoms with Crippen molar-refractivity contribution in [3.05, 3.63) is 25.3 Å². The second-order valence-electron chi connectivity index (χ2n) is 1.85. The summed E-state index contributed by atoms with van der Waals surface area (Å²) in [6.45, 7) is 11.7. The summed E-state index contributed by atoms with van der Waals surface area (Å²) in [6.07, 6.45) is 0.351. The van der Waals surface area contributed by atoms with E-state index < -0.39 is 5.92 Å². The minimum absolute atomic E-state index is 0.00231. The van der Waals surface area contributed by atoms with Crippen LogP contribution in [0, 0.1) is 0 Å². The number of hydrogen-bond acceptors (Lipinski definition) is 0. The van der Waals surface area contributed by atoms with Gasteiger partial charge in [0.15, 0.2) is 0 Å². The zero-order valence-corrected chi connectivity index (χ0v) is 6.58. The third kappa shape index (κ3) is 5.48. The van der Waals surface area contributed by atoms with E-state index in [9.17, 15) is 8.78 Å². The molecule has 0 radical (unpaired) electrons. The second kappa shape index (κ2) is 5.15. The van der Waals surface area contributed by atoms with E-state index in [0.717, 1.165) is 6.92 Å². The highest BCUT2D eigenvalue weighted by Gasteiger charge is 2.23. The van der Waals surface area contributed by atoms with Crippen LogP contribution in [0.3, 0.4) is 0 Å². The highest BCUT2D eigenvalue weighted by atomic mass is 19.3. The van der Waals surface area contributed by atoms with Crippen LogP contribution in [0.2, 0.25) is 0 Å². The van der Waals surface area contributed by atoms with Crippen LogP contribution in [-0.2, 0) is 0 Å². The standard InChI is InChI=1S/C6H10F2.C2H4/c1-4-5(2)6(3,7)8;1-2/h2,4H2,1,3H3;1-2H2. The molecule has 0 nitrogen and oxygen atoms in total. The first kappa shape index (κ1) is 12.1. The zero-order chi connectivity index (χ0) is 8.78. The Hall–Kier alpha value is -0.660. The highest BCUT2D eigenvalue weighted by Crippen LogP contribution is 2.23. The Labute approximate surface area is 61.3 Å². The largest absolute Gasteiger partial charge is 0.266 e.